The molecular weight excluding hydrogens is 552 g/mol. The summed E-state index contributed by atoms with van der Waals surface area (Å²) in [6.07, 6.45) is 3.75. The van der Waals surface area contributed by atoms with E-state index in [1.165, 1.54) is 5.56 Å². The highest BCUT2D eigenvalue weighted by Gasteiger charge is 2.19. The van der Waals surface area contributed by atoms with Gasteiger partial charge in [-0.2, -0.15) is 5.10 Å². The van der Waals surface area contributed by atoms with Crippen molar-refractivity contribution in [3.63, 3.8) is 0 Å². The third-order valence-corrected chi connectivity index (χ3v) is 6.94. The fourth-order valence-corrected chi connectivity index (χ4v) is 4.73. The van der Waals surface area contributed by atoms with Gasteiger partial charge >= 0.3 is 0 Å². The maximum atomic E-state index is 12.9. The minimum atomic E-state index is -0.498. The molecule has 7 heteroatoms. The van der Waals surface area contributed by atoms with Crippen LogP contribution in [0.2, 0.25) is 0 Å². The Hall–Kier alpha value is -4.49. The van der Waals surface area contributed by atoms with E-state index in [0.717, 1.165) is 26.5 Å². The van der Waals surface area contributed by atoms with Crippen LogP contribution in [0.25, 0.3) is 10.9 Å². The topological polar surface area (TPSA) is 75.5 Å². The van der Waals surface area contributed by atoms with Crippen molar-refractivity contribution in [3.05, 3.63) is 142 Å². The molecule has 0 bridgehead atoms. The van der Waals surface area contributed by atoms with E-state index in [4.69, 9.17) is 0 Å². The highest BCUT2D eigenvalue weighted by molar-refractivity contribution is 9.10. The van der Waals surface area contributed by atoms with Gasteiger partial charge in [0.25, 0.3) is 5.91 Å². The predicted octanol–water partition coefficient (Wildman–Crippen LogP) is 6.46. The lowest BCUT2D eigenvalue weighted by Crippen LogP contribution is -2.32. The van der Waals surface area contributed by atoms with Gasteiger partial charge in [0.05, 0.1) is 18.7 Å². The summed E-state index contributed by atoms with van der Waals surface area (Å²) >= 11 is 3.49. The van der Waals surface area contributed by atoms with Gasteiger partial charge in [-0.25, -0.2) is 5.43 Å². The van der Waals surface area contributed by atoms with Gasteiger partial charge < -0.3 is 9.88 Å². The van der Waals surface area contributed by atoms with Crippen molar-refractivity contribution < 1.29 is 9.59 Å². The zero-order valence-electron chi connectivity index (χ0n) is 21.1. The molecule has 5 aromatic rings. The number of aromatic nitrogens is 1. The lowest BCUT2D eigenvalue weighted by atomic mass is 10.0. The van der Waals surface area contributed by atoms with E-state index in [1.54, 1.807) is 18.3 Å². The van der Waals surface area contributed by atoms with Crippen LogP contribution in [-0.4, -0.2) is 22.6 Å². The summed E-state index contributed by atoms with van der Waals surface area (Å²) in [4.78, 5) is 25.7. The van der Waals surface area contributed by atoms with Crippen LogP contribution in [0.1, 0.15) is 39.5 Å². The molecule has 194 valence electrons. The number of nitrogens with one attached hydrogen (secondary N) is 2. The summed E-state index contributed by atoms with van der Waals surface area (Å²) < 4.78 is 3.22. The van der Waals surface area contributed by atoms with Crippen LogP contribution in [0.4, 0.5) is 0 Å². The molecule has 2 N–H and O–H groups in total. The maximum absolute atomic E-state index is 12.9. The lowest BCUT2D eigenvalue weighted by molar-refractivity contribution is -0.121. The molecule has 5 rings (SSSR count). The summed E-state index contributed by atoms with van der Waals surface area (Å²) in [5.41, 5.74) is 7.19. The molecule has 0 fully saturated rings. The number of halogens is 1. The number of benzene rings is 4. The van der Waals surface area contributed by atoms with E-state index in [-0.39, 0.29) is 18.2 Å². The molecule has 39 heavy (non-hydrogen) atoms. The second kappa shape index (κ2) is 12.4. The number of hydrogen-bond donors (Lipinski definition) is 2. The molecule has 1 heterocycles. The molecule has 1 atom stereocenters. The van der Waals surface area contributed by atoms with Crippen molar-refractivity contribution in [1.82, 2.24) is 15.3 Å². The summed E-state index contributed by atoms with van der Waals surface area (Å²) in [6.45, 7) is 0.716. The minimum Gasteiger partial charge on any atom is -0.345 e. The fraction of sp³-hybridized carbons (Fsp3) is 0.0938. The van der Waals surface area contributed by atoms with Crippen molar-refractivity contribution in [2.45, 2.75) is 19.0 Å². The van der Waals surface area contributed by atoms with Crippen molar-refractivity contribution in [2.24, 2.45) is 5.10 Å². The Kier molecular flexibility index (Phi) is 8.29. The van der Waals surface area contributed by atoms with Crippen molar-refractivity contribution in [1.29, 1.82) is 0 Å². The number of hydrogen-bond acceptors (Lipinski definition) is 3. The Morgan fingerprint density at radius 3 is 2.26 bits per heavy atom. The van der Waals surface area contributed by atoms with Gasteiger partial charge in [-0.3, -0.25) is 9.59 Å². The molecule has 0 aliphatic rings. The van der Waals surface area contributed by atoms with Gasteiger partial charge in [0, 0.05) is 39.2 Å². The maximum Gasteiger partial charge on any atom is 0.251 e. The normalized spacial score (nSPS) is 11.9. The van der Waals surface area contributed by atoms with E-state index in [0.29, 0.717) is 12.1 Å². The number of rotatable bonds is 9. The zero-order chi connectivity index (χ0) is 27.0. The highest BCUT2D eigenvalue weighted by atomic mass is 79.9. The summed E-state index contributed by atoms with van der Waals surface area (Å²) in [7, 11) is 0. The standard InChI is InChI=1S/C32H27BrN4O2/c33-27-17-15-23(16-18-27)21-37-22-26(28-13-7-8-14-30(28)37)20-34-36-31(38)19-29(24-9-3-1-4-10-24)35-32(39)25-11-5-2-6-12-25/h1-18,20,22,29H,19,21H2,(H,35,39)(H,36,38)/b34-20-/t29-/m0/s1. The zero-order valence-corrected chi connectivity index (χ0v) is 22.7. The second-order valence-corrected chi connectivity index (χ2v) is 10.1. The van der Waals surface area contributed by atoms with Crippen molar-refractivity contribution >= 4 is 44.9 Å². The molecule has 0 saturated heterocycles. The summed E-state index contributed by atoms with van der Waals surface area (Å²) in [5.74, 6) is -0.536. The summed E-state index contributed by atoms with van der Waals surface area (Å²) in [6, 6.07) is 34.3. The monoisotopic (exact) mass is 578 g/mol. The minimum absolute atomic E-state index is 0.0469. The van der Waals surface area contributed by atoms with Crippen LogP contribution in [0.15, 0.2) is 125 Å². The Labute approximate surface area is 235 Å². The predicted molar refractivity (Wildman–Crippen MR) is 159 cm³/mol. The molecule has 0 saturated carbocycles. The fourth-order valence-electron chi connectivity index (χ4n) is 4.47. The van der Waals surface area contributed by atoms with Gasteiger partial charge in [-0.1, -0.05) is 94.8 Å². The summed E-state index contributed by atoms with van der Waals surface area (Å²) in [5, 5.41) is 8.28. The molecule has 0 aliphatic carbocycles. The van der Waals surface area contributed by atoms with E-state index >= 15 is 0 Å². The van der Waals surface area contributed by atoms with Gasteiger partial charge in [-0.05, 0) is 41.5 Å². The third kappa shape index (κ3) is 6.69. The smallest absolute Gasteiger partial charge is 0.251 e. The number of carbonyl (C=O) groups is 2. The van der Waals surface area contributed by atoms with Crippen LogP contribution in [0.5, 0.6) is 0 Å². The number of hydrazone groups is 1. The number of amides is 2. The first kappa shape index (κ1) is 26.1. The Morgan fingerprint density at radius 2 is 1.51 bits per heavy atom. The van der Waals surface area contributed by atoms with Crippen LogP contribution in [-0.2, 0) is 11.3 Å². The second-order valence-electron chi connectivity index (χ2n) is 9.16. The number of carbonyl (C=O) groups excluding carboxylic acids is 2. The van der Waals surface area contributed by atoms with Gasteiger partial charge in [-0.15, -0.1) is 0 Å². The van der Waals surface area contributed by atoms with E-state index in [9.17, 15) is 9.59 Å². The molecule has 4 aromatic carbocycles. The van der Waals surface area contributed by atoms with Crippen LogP contribution < -0.4 is 10.7 Å². The Balaban J connectivity index is 1.29. The van der Waals surface area contributed by atoms with Gasteiger partial charge in [0.1, 0.15) is 0 Å². The molecule has 0 radical (unpaired) electrons. The van der Waals surface area contributed by atoms with E-state index in [1.807, 2.05) is 85.1 Å². The number of fused-ring (bicyclic) bond motifs is 1. The number of nitrogens with zero attached hydrogens (tertiary/aromatic N) is 2. The molecule has 0 aliphatic heterocycles. The van der Waals surface area contributed by atoms with E-state index in [2.05, 4.69) is 54.5 Å². The van der Waals surface area contributed by atoms with Crippen molar-refractivity contribution in [2.75, 3.05) is 0 Å². The van der Waals surface area contributed by atoms with Crippen LogP contribution >= 0.6 is 15.9 Å². The largest absolute Gasteiger partial charge is 0.345 e. The first-order valence-electron chi connectivity index (χ1n) is 12.6. The van der Waals surface area contributed by atoms with Crippen molar-refractivity contribution in [3.8, 4) is 0 Å². The molecular formula is C32H27BrN4O2. The molecule has 2 amide bonds. The Morgan fingerprint density at radius 1 is 0.846 bits per heavy atom. The average Bonchev–Trinajstić information content (AvgIpc) is 3.32. The van der Waals surface area contributed by atoms with Crippen LogP contribution in [0, 0.1) is 0 Å². The number of para-hydroxylation sites is 1. The molecule has 6 nitrogen and oxygen atoms in total. The molecule has 0 unspecified atom stereocenters. The lowest BCUT2D eigenvalue weighted by Gasteiger charge is -2.18. The SMILES string of the molecule is O=C(C[C@H](NC(=O)c1ccccc1)c1ccccc1)N/N=C\c1cn(Cc2ccc(Br)cc2)c2ccccc12. The molecule has 1 aromatic heterocycles. The Bertz CT molecular complexity index is 1600. The van der Waals surface area contributed by atoms with E-state index < -0.39 is 6.04 Å². The quantitative estimate of drug-likeness (QED) is 0.155. The molecule has 0 spiro atoms. The van der Waals surface area contributed by atoms with Gasteiger partial charge in [0.15, 0.2) is 0 Å². The van der Waals surface area contributed by atoms with Crippen LogP contribution in [0.3, 0.4) is 0 Å². The van der Waals surface area contributed by atoms with Gasteiger partial charge in [0.2, 0.25) is 5.91 Å². The highest BCUT2D eigenvalue weighted by Crippen LogP contribution is 2.22. The first-order chi connectivity index (χ1) is 19.1. The first-order valence-corrected chi connectivity index (χ1v) is 13.4. The average molecular weight is 579 g/mol. The third-order valence-electron chi connectivity index (χ3n) is 6.41.